The molecule has 5 aromatic rings. The lowest BCUT2D eigenvalue weighted by atomic mass is 10.1. The third kappa shape index (κ3) is 7.65. The molecule has 0 saturated carbocycles. The second-order valence-corrected chi connectivity index (χ2v) is 12.1. The Balaban J connectivity index is 1.37. The lowest BCUT2D eigenvalue weighted by Crippen LogP contribution is -2.34. The van der Waals surface area contributed by atoms with Crippen molar-refractivity contribution in [3.63, 3.8) is 0 Å². The van der Waals surface area contributed by atoms with Gasteiger partial charge in [0.05, 0.1) is 12.8 Å². The van der Waals surface area contributed by atoms with Gasteiger partial charge in [-0.05, 0) is 66.1 Å². The van der Waals surface area contributed by atoms with Gasteiger partial charge >= 0.3 is 0 Å². The zero-order valence-corrected chi connectivity index (χ0v) is 25.6. The van der Waals surface area contributed by atoms with Crippen molar-refractivity contribution < 1.29 is 17.9 Å². The summed E-state index contributed by atoms with van der Waals surface area (Å²) in [4.78, 5) is 14.9. The van der Waals surface area contributed by atoms with Crippen molar-refractivity contribution in [3.05, 3.63) is 144 Å². The summed E-state index contributed by atoms with van der Waals surface area (Å²) in [5, 5.41) is 3.01. The van der Waals surface area contributed by atoms with Crippen LogP contribution in [0, 0.1) is 6.92 Å². The van der Waals surface area contributed by atoms with E-state index in [-0.39, 0.29) is 16.6 Å². The molecule has 44 heavy (non-hydrogen) atoms. The number of hydrogen-bond acceptors (Lipinski definition) is 5. The third-order valence-corrected chi connectivity index (χ3v) is 8.59. The minimum atomic E-state index is -4.00. The summed E-state index contributed by atoms with van der Waals surface area (Å²) >= 11 is 0. The van der Waals surface area contributed by atoms with E-state index < -0.39 is 10.0 Å². The van der Waals surface area contributed by atoms with Crippen LogP contribution in [0.5, 0.6) is 5.75 Å². The fourth-order valence-electron chi connectivity index (χ4n) is 4.97. The van der Waals surface area contributed by atoms with E-state index in [0.29, 0.717) is 30.9 Å². The summed E-state index contributed by atoms with van der Waals surface area (Å²) in [5.74, 6) is 0.116. The normalized spacial score (nSPS) is 11.0. The fraction of sp³-hybridized carbons (Fsp3) is 0.139. The molecule has 5 aromatic carbocycles. The van der Waals surface area contributed by atoms with Gasteiger partial charge < -0.3 is 15.0 Å². The number of rotatable bonds is 12. The molecule has 0 spiro atoms. The number of amides is 1. The number of anilines is 2. The first-order valence-corrected chi connectivity index (χ1v) is 15.8. The Morgan fingerprint density at radius 1 is 0.773 bits per heavy atom. The Kier molecular flexibility index (Phi) is 9.62. The van der Waals surface area contributed by atoms with Gasteiger partial charge in [-0.25, -0.2) is 8.42 Å². The molecule has 1 amide bonds. The average Bonchev–Trinajstić information content (AvgIpc) is 3.04. The first kappa shape index (κ1) is 30.4. The Hall–Kier alpha value is -5.08. The largest absolute Gasteiger partial charge is 0.495 e. The maximum atomic E-state index is 13.7. The Bertz CT molecular complexity index is 1830. The minimum absolute atomic E-state index is 0.0479. The maximum absolute atomic E-state index is 13.7. The van der Waals surface area contributed by atoms with Crippen LogP contribution in [0.1, 0.15) is 21.5 Å². The monoisotopic (exact) mass is 605 g/mol. The summed E-state index contributed by atoms with van der Waals surface area (Å²) in [7, 11) is -2.55. The lowest BCUT2D eigenvalue weighted by Gasteiger charge is -2.26. The van der Waals surface area contributed by atoms with Crippen LogP contribution in [0.3, 0.4) is 0 Å². The predicted octanol–water partition coefficient (Wildman–Crippen LogP) is 6.91. The maximum Gasteiger partial charge on any atom is 0.265 e. The van der Waals surface area contributed by atoms with E-state index in [4.69, 9.17) is 4.74 Å². The van der Waals surface area contributed by atoms with Crippen molar-refractivity contribution in [3.8, 4) is 16.9 Å². The quantitative estimate of drug-likeness (QED) is 0.161. The second-order valence-electron chi connectivity index (χ2n) is 10.4. The Morgan fingerprint density at radius 2 is 1.50 bits per heavy atom. The van der Waals surface area contributed by atoms with Crippen molar-refractivity contribution in [2.45, 2.75) is 18.4 Å². The number of ether oxygens (including phenoxy) is 1. The standard InChI is InChI=1S/C36H35N3O4S/c1-27-11-9-16-31(23-27)36(40)37-21-22-39(26-28-12-5-3-6-13-28)33-18-10-17-32(25-33)38-44(41,42)35-24-30(19-20-34(35)43-2)29-14-7-4-8-15-29/h3-20,23-25,38H,21-22,26H2,1-2H3,(H,37,40). The van der Waals surface area contributed by atoms with Gasteiger partial charge in [0.1, 0.15) is 10.6 Å². The van der Waals surface area contributed by atoms with Gasteiger partial charge in [0.15, 0.2) is 0 Å². The first-order chi connectivity index (χ1) is 21.3. The van der Waals surface area contributed by atoms with E-state index in [0.717, 1.165) is 27.9 Å². The van der Waals surface area contributed by atoms with Gasteiger partial charge in [-0.3, -0.25) is 9.52 Å². The molecule has 0 fully saturated rings. The molecule has 0 bridgehead atoms. The van der Waals surface area contributed by atoms with Crippen LogP contribution in [-0.2, 0) is 16.6 Å². The number of aryl methyl sites for hydroxylation is 1. The minimum Gasteiger partial charge on any atom is -0.495 e. The highest BCUT2D eigenvalue weighted by molar-refractivity contribution is 7.92. The zero-order valence-electron chi connectivity index (χ0n) is 24.7. The van der Waals surface area contributed by atoms with Gasteiger partial charge in [0.25, 0.3) is 15.9 Å². The van der Waals surface area contributed by atoms with Crippen molar-refractivity contribution in [2.24, 2.45) is 0 Å². The molecular formula is C36H35N3O4S. The number of hydrogen-bond donors (Lipinski definition) is 2. The van der Waals surface area contributed by atoms with Gasteiger partial charge in [-0.15, -0.1) is 0 Å². The van der Waals surface area contributed by atoms with Gasteiger partial charge in [-0.1, -0.05) is 90.5 Å². The molecule has 0 saturated heterocycles. The molecule has 224 valence electrons. The van der Waals surface area contributed by atoms with Crippen LogP contribution < -0.4 is 19.7 Å². The number of nitrogens with zero attached hydrogens (tertiary/aromatic N) is 1. The number of sulfonamides is 1. The van der Waals surface area contributed by atoms with E-state index in [1.807, 2.05) is 104 Å². The van der Waals surface area contributed by atoms with Crippen molar-refractivity contribution in [2.75, 3.05) is 29.8 Å². The summed E-state index contributed by atoms with van der Waals surface area (Å²) in [6, 6.07) is 39.5. The smallest absolute Gasteiger partial charge is 0.265 e. The highest BCUT2D eigenvalue weighted by atomic mass is 32.2. The Morgan fingerprint density at radius 3 is 2.23 bits per heavy atom. The zero-order chi connectivity index (χ0) is 30.9. The Labute approximate surface area is 259 Å². The molecule has 2 N–H and O–H groups in total. The molecule has 0 atom stereocenters. The number of nitrogens with one attached hydrogen (secondary N) is 2. The number of carbonyl (C=O) groups is 1. The molecule has 5 rings (SSSR count). The molecule has 0 heterocycles. The highest BCUT2D eigenvalue weighted by Crippen LogP contribution is 2.32. The van der Waals surface area contributed by atoms with Crippen LogP contribution in [0.4, 0.5) is 11.4 Å². The van der Waals surface area contributed by atoms with Crippen molar-refractivity contribution >= 4 is 27.3 Å². The SMILES string of the molecule is COc1ccc(-c2ccccc2)cc1S(=O)(=O)Nc1cccc(N(CCNC(=O)c2cccc(C)c2)Cc2ccccc2)c1. The first-order valence-electron chi connectivity index (χ1n) is 14.3. The predicted molar refractivity (Wildman–Crippen MR) is 177 cm³/mol. The van der Waals surface area contributed by atoms with Crippen LogP contribution in [0.15, 0.2) is 132 Å². The van der Waals surface area contributed by atoms with Gasteiger partial charge in [0.2, 0.25) is 0 Å². The van der Waals surface area contributed by atoms with E-state index >= 15 is 0 Å². The molecule has 0 unspecified atom stereocenters. The highest BCUT2D eigenvalue weighted by Gasteiger charge is 2.21. The van der Waals surface area contributed by atoms with E-state index in [9.17, 15) is 13.2 Å². The molecular weight excluding hydrogens is 570 g/mol. The molecule has 0 aliphatic carbocycles. The van der Waals surface area contributed by atoms with Crippen LogP contribution >= 0.6 is 0 Å². The molecule has 0 aliphatic heterocycles. The van der Waals surface area contributed by atoms with E-state index in [1.165, 1.54) is 7.11 Å². The summed E-state index contributed by atoms with van der Waals surface area (Å²) in [5.41, 5.74) is 5.61. The average molecular weight is 606 g/mol. The summed E-state index contributed by atoms with van der Waals surface area (Å²) in [6.45, 7) is 3.44. The number of methoxy groups -OCH3 is 1. The van der Waals surface area contributed by atoms with Crippen LogP contribution in [0.25, 0.3) is 11.1 Å². The van der Waals surface area contributed by atoms with Gasteiger partial charge in [0, 0.05) is 30.9 Å². The van der Waals surface area contributed by atoms with Crippen LogP contribution in [0.2, 0.25) is 0 Å². The summed E-state index contributed by atoms with van der Waals surface area (Å²) < 4.78 is 35.6. The van der Waals surface area contributed by atoms with Crippen molar-refractivity contribution in [1.29, 1.82) is 0 Å². The van der Waals surface area contributed by atoms with Crippen molar-refractivity contribution in [1.82, 2.24) is 5.32 Å². The topological polar surface area (TPSA) is 87.7 Å². The number of benzene rings is 5. The fourth-order valence-corrected chi connectivity index (χ4v) is 6.21. The molecule has 0 aliphatic rings. The molecule has 0 aromatic heterocycles. The summed E-state index contributed by atoms with van der Waals surface area (Å²) in [6.07, 6.45) is 0. The molecule has 0 radical (unpaired) electrons. The lowest BCUT2D eigenvalue weighted by molar-refractivity contribution is 0.0954. The third-order valence-electron chi connectivity index (χ3n) is 7.19. The van der Waals surface area contributed by atoms with Gasteiger partial charge in [-0.2, -0.15) is 0 Å². The second kappa shape index (κ2) is 13.9. The van der Waals surface area contributed by atoms with E-state index in [1.54, 1.807) is 30.3 Å². The van der Waals surface area contributed by atoms with Crippen LogP contribution in [-0.4, -0.2) is 34.5 Å². The van der Waals surface area contributed by atoms with E-state index in [2.05, 4.69) is 14.9 Å². The molecule has 7 nitrogen and oxygen atoms in total. The molecule has 8 heteroatoms. The number of carbonyl (C=O) groups excluding carboxylic acids is 1.